The number of carbonyl (C=O) groups is 2. The monoisotopic (exact) mass is 409 g/mol. The van der Waals surface area contributed by atoms with E-state index in [1.54, 1.807) is 12.1 Å². The summed E-state index contributed by atoms with van der Waals surface area (Å²) in [6.45, 7) is 0. The van der Waals surface area contributed by atoms with Gasteiger partial charge in [0, 0.05) is 10.4 Å². The van der Waals surface area contributed by atoms with Crippen LogP contribution in [0.2, 0.25) is 5.02 Å². The number of fused-ring (bicyclic) bond motifs is 1. The Labute approximate surface area is 164 Å². The lowest BCUT2D eigenvalue weighted by molar-refractivity contribution is 0.0975. The topological polar surface area (TPSA) is 93.4 Å². The van der Waals surface area contributed by atoms with Crippen LogP contribution in [-0.2, 0) is 12.8 Å². The molecule has 0 saturated heterocycles. The van der Waals surface area contributed by atoms with E-state index in [0.717, 1.165) is 29.7 Å². The van der Waals surface area contributed by atoms with E-state index in [9.17, 15) is 9.59 Å². The lowest BCUT2D eigenvalue weighted by atomic mass is 10.1. The molecule has 0 bridgehead atoms. The van der Waals surface area contributed by atoms with Crippen LogP contribution in [0.4, 0.5) is 5.00 Å². The maximum absolute atomic E-state index is 12.3. The first-order valence-electron chi connectivity index (χ1n) is 7.81. The molecule has 1 aromatic carbocycles. The summed E-state index contributed by atoms with van der Waals surface area (Å²) in [5.74, 6) is -0.442. The number of methoxy groups -OCH3 is 1. The minimum Gasteiger partial charge on any atom is -0.495 e. The highest BCUT2D eigenvalue weighted by Crippen LogP contribution is 2.38. The molecule has 136 valence electrons. The van der Waals surface area contributed by atoms with E-state index in [2.05, 4.69) is 10.6 Å². The Kier molecular flexibility index (Phi) is 5.45. The van der Waals surface area contributed by atoms with Gasteiger partial charge in [-0.2, -0.15) is 0 Å². The van der Waals surface area contributed by atoms with Crippen molar-refractivity contribution in [2.75, 3.05) is 12.4 Å². The first kappa shape index (κ1) is 18.6. The van der Waals surface area contributed by atoms with Gasteiger partial charge in [-0.25, -0.2) is 0 Å². The molecule has 6 nitrogen and oxygen atoms in total. The van der Waals surface area contributed by atoms with Gasteiger partial charge in [-0.15, -0.1) is 11.3 Å². The van der Waals surface area contributed by atoms with Gasteiger partial charge in [-0.1, -0.05) is 11.6 Å². The summed E-state index contributed by atoms with van der Waals surface area (Å²) in [6, 6.07) is 4.67. The predicted molar refractivity (Wildman–Crippen MR) is 107 cm³/mol. The molecule has 0 unspecified atom stereocenters. The Morgan fingerprint density at radius 1 is 1.35 bits per heavy atom. The number of hydrogen-bond donors (Lipinski definition) is 3. The largest absolute Gasteiger partial charge is 0.495 e. The number of carbonyl (C=O) groups excluding carboxylic acids is 2. The standard InChI is InChI=1S/C17H16ClN3O3S2/c1-24-11-6-5-8(7-10(11)18)15(23)20-17(25)21-16-13(14(19)22)9-3-2-4-12(9)26-16/h5-7H,2-4H2,1H3,(H2,19,22)(H2,20,21,23,25). The van der Waals surface area contributed by atoms with Crippen LogP contribution in [0.25, 0.3) is 0 Å². The summed E-state index contributed by atoms with van der Waals surface area (Å²) in [7, 11) is 1.49. The van der Waals surface area contributed by atoms with Crippen LogP contribution in [0.15, 0.2) is 18.2 Å². The van der Waals surface area contributed by atoms with Crippen LogP contribution < -0.4 is 21.1 Å². The zero-order chi connectivity index (χ0) is 18.8. The fourth-order valence-corrected chi connectivity index (χ4v) is 4.69. The van der Waals surface area contributed by atoms with Gasteiger partial charge < -0.3 is 15.8 Å². The van der Waals surface area contributed by atoms with E-state index in [4.69, 9.17) is 34.3 Å². The van der Waals surface area contributed by atoms with Crippen LogP contribution in [0.1, 0.15) is 37.6 Å². The lowest BCUT2D eigenvalue weighted by Gasteiger charge is -2.10. The highest BCUT2D eigenvalue weighted by atomic mass is 35.5. The smallest absolute Gasteiger partial charge is 0.257 e. The zero-order valence-corrected chi connectivity index (χ0v) is 16.2. The van der Waals surface area contributed by atoms with E-state index in [0.29, 0.717) is 26.9 Å². The molecule has 0 fully saturated rings. The van der Waals surface area contributed by atoms with Gasteiger partial charge in [0.25, 0.3) is 11.8 Å². The van der Waals surface area contributed by atoms with Gasteiger partial charge in [0.15, 0.2) is 5.11 Å². The van der Waals surface area contributed by atoms with Gasteiger partial charge >= 0.3 is 0 Å². The van der Waals surface area contributed by atoms with E-state index in [1.807, 2.05) is 0 Å². The third-order valence-electron chi connectivity index (χ3n) is 4.04. The van der Waals surface area contributed by atoms with Crippen LogP contribution in [-0.4, -0.2) is 24.0 Å². The summed E-state index contributed by atoms with van der Waals surface area (Å²) in [5.41, 5.74) is 7.30. The van der Waals surface area contributed by atoms with Gasteiger partial charge in [0.05, 0.1) is 17.7 Å². The van der Waals surface area contributed by atoms with Crippen LogP contribution in [0.5, 0.6) is 5.75 Å². The van der Waals surface area contributed by atoms with Crippen molar-refractivity contribution >= 4 is 57.1 Å². The number of aryl methyl sites for hydroxylation is 1. The second-order valence-corrected chi connectivity index (χ2v) is 7.60. The van der Waals surface area contributed by atoms with Crippen molar-refractivity contribution in [3.8, 4) is 5.75 Å². The molecule has 0 aliphatic heterocycles. The molecule has 2 aromatic rings. The van der Waals surface area contributed by atoms with E-state index in [-0.39, 0.29) is 5.11 Å². The normalized spacial score (nSPS) is 12.4. The molecule has 4 N–H and O–H groups in total. The molecule has 26 heavy (non-hydrogen) atoms. The fourth-order valence-electron chi connectivity index (χ4n) is 2.87. The summed E-state index contributed by atoms with van der Waals surface area (Å²) >= 11 is 12.7. The van der Waals surface area contributed by atoms with Crippen molar-refractivity contribution in [3.05, 3.63) is 44.8 Å². The molecule has 1 heterocycles. The number of benzene rings is 1. The predicted octanol–water partition coefficient (Wildman–Crippen LogP) is 3.12. The number of amides is 2. The van der Waals surface area contributed by atoms with Gasteiger partial charge in [-0.3, -0.25) is 14.9 Å². The van der Waals surface area contributed by atoms with Gasteiger partial charge in [0.2, 0.25) is 0 Å². The number of rotatable bonds is 4. The first-order valence-corrected chi connectivity index (χ1v) is 9.41. The molecule has 9 heteroatoms. The molecule has 2 amide bonds. The first-order chi connectivity index (χ1) is 12.4. The summed E-state index contributed by atoms with van der Waals surface area (Å²) in [6.07, 6.45) is 2.77. The number of thiophene rings is 1. The Hall–Kier alpha value is -2.16. The molecular formula is C17H16ClN3O3S2. The average Bonchev–Trinajstić information content (AvgIpc) is 3.14. The Balaban J connectivity index is 1.72. The van der Waals surface area contributed by atoms with E-state index >= 15 is 0 Å². The minimum atomic E-state index is -0.497. The molecule has 0 radical (unpaired) electrons. The molecule has 0 saturated carbocycles. The van der Waals surface area contributed by atoms with Crippen LogP contribution >= 0.6 is 35.2 Å². The fraction of sp³-hybridized carbons (Fsp3) is 0.235. The third-order valence-corrected chi connectivity index (χ3v) is 5.74. The number of hydrogen-bond acceptors (Lipinski definition) is 5. The molecule has 3 rings (SSSR count). The molecule has 1 aliphatic carbocycles. The van der Waals surface area contributed by atoms with Gasteiger partial charge in [-0.05, 0) is 55.2 Å². The Bertz CT molecular complexity index is 911. The highest BCUT2D eigenvalue weighted by Gasteiger charge is 2.25. The lowest BCUT2D eigenvalue weighted by Crippen LogP contribution is -2.34. The van der Waals surface area contributed by atoms with Crippen molar-refractivity contribution in [1.29, 1.82) is 0 Å². The second kappa shape index (κ2) is 7.61. The van der Waals surface area contributed by atoms with E-state index in [1.165, 1.54) is 24.5 Å². The number of nitrogens with one attached hydrogen (secondary N) is 2. The van der Waals surface area contributed by atoms with E-state index < -0.39 is 11.8 Å². The highest BCUT2D eigenvalue weighted by molar-refractivity contribution is 7.80. The van der Waals surface area contributed by atoms with Crippen molar-refractivity contribution < 1.29 is 14.3 Å². The number of nitrogens with two attached hydrogens (primary N) is 1. The second-order valence-electron chi connectivity index (χ2n) is 5.68. The molecular weight excluding hydrogens is 394 g/mol. The number of halogens is 1. The zero-order valence-electron chi connectivity index (χ0n) is 13.8. The number of primary amides is 1. The van der Waals surface area contributed by atoms with Crippen LogP contribution in [0, 0.1) is 0 Å². The number of thiocarbonyl (C=S) groups is 1. The Morgan fingerprint density at radius 3 is 2.77 bits per heavy atom. The molecule has 1 aliphatic rings. The SMILES string of the molecule is COc1ccc(C(=O)NC(=S)Nc2sc3c(c2C(N)=O)CCC3)cc1Cl. The van der Waals surface area contributed by atoms with Crippen molar-refractivity contribution in [2.45, 2.75) is 19.3 Å². The number of ether oxygens (including phenoxy) is 1. The maximum Gasteiger partial charge on any atom is 0.257 e. The molecule has 0 atom stereocenters. The van der Waals surface area contributed by atoms with Crippen molar-refractivity contribution in [1.82, 2.24) is 5.32 Å². The summed E-state index contributed by atoms with van der Waals surface area (Å²) < 4.78 is 5.06. The number of anilines is 1. The third kappa shape index (κ3) is 3.67. The maximum atomic E-state index is 12.3. The summed E-state index contributed by atoms with van der Waals surface area (Å²) in [5, 5.41) is 6.48. The molecule has 1 aromatic heterocycles. The summed E-state index contributed by atoms with van der Waals surface area (Å²) in [4.78, 5) is 25.3. The Morgan fingerprint density at radius 2 is 2.12 bits per heavy atom. The quantitative estimate of drug-likeness (QED) is 0.674. The van der Waals surface area contributed by atoms with Crippen LogP contribution in [0.3, 0.4) is 0 Å². The van der Waals surface area contributed by atoms with Crippen molar-refractivity contribution in [3.63, 3.8) is 0 Å². The van der Waals surface area contributed by atoms with Gasteiger partial charge in [0.1, 0.15) is 10.8 Å². The molecule has 0 spiro atoms. The average molecular weight is 410 g/mol. The minimum absolute atomic E-state index is 0.0874. The van der Waals surface area contributed by atoms with Crippen molar-refractivity contribution in [2.24, 2.45) is 5.73 Å².